The molecule has 3 heterocycles. The van der Waals surface area contributed by atoms with E-state index in [4.69, 9.17) is 0 Å². The van der Waals surface area contributed by atoms with Crippen LogP contribution in [0.25, 0.3) is 0 Å². The molecule has 7 heteroatoms. The molecular weight excluding hydrogens is 314 g/mol. The number of rotatable bonds is 5. The molecule has 0 saturated carbocycles. The van der Waals surface area contributed by atoms with Gasteiger partial charge in [0.05, 0.1) is 17.6 Å². The topological polar surface area (TPSA) is 82.7 Å². The highest BCUT2D eigenvalue weighted by molar-refractivity contribution is 5.57. The van der Waals surface area contributed by atoms with Crippen molar-refractivity contribution in [2.45, 2.75) is 45.6 Å². The quantitative estimate of drug-likeness (QED) is 0.900. The van der Waals surface area contributed by atoms with E-state index in [-0.39, 0.29) is 6.04 Å². The van der Waals surface area contributed by atoms with Gasteiger partial charge in [0.1, 0.15) is 11.6 Å². The summed E-state index contributed by atoms with van der Waals surface area (Å²) in [6.07, 6.45) is 7.67. The maximum Gasteiger partial charge on any atom is 0.167 e. The molecular formula is C18H25N7. The summed E-state index contributed by atoms with van der Waals surface area (Å²) >= 11 is 0. The van der Waals surface area contributed by atoms with Crippen LogP contribution in [0, 0.1) is 11.3 Å². The first kappa shape index (κ1) is 17.2. The molecule has 132 valence electrons. The van der Waals surface area contributed by atoms with Crippen LogP contribution in [0.1, 0.15) is 43.5 Å². The molecule has 0 radical (unpaired) electrons. The average Bonchev–Trinajstić information content (AvgIpc) is 3.08. The monoisotopic (exact) mass is 339 g/mol. The number of piperidine rings is 1. The highest BCUT2D eigenvalue weighted by atomic mass is 15.3. The van der Waals surface area contributed by atoms with Crippen LogP contribution in [-0.2, 0) is 19.9 Å². The summed E-state index contributed by atoms with van der Waals surface area (Å²) in [6.45, 7) is 6.00. The van der Waals surface area contributed by atoms with Gasteiger partial charge >= 0.3 is 0 Å². The van der Waals surface area contributed by atoms with Crippen LogP contribution in [-0.4, -0.2) is 39.1 Å². The normalized spacial score (nSPS) is 17.4. The average molecular weight is 339 g/mol. The molecule has 1 atom stereocenters. The van der Waals surface area contributed by atoms with Crippen molar-refractivity contribution in [2.75, 3.05) is 23.3 Å². The van der Waals surface area contributed by atoms with E-state index in [0.717, 1.165) is 55.7 Å². The maximum atomic E-state index is 9.63. The Hall–Kier alpha value is -2.62. The molecule has 7 nitrogen and oxygen atoms in total. The Balaban J connectivity index is 1.79. The summed E-state index contributed by atoms with van der Waals surface area (Å²) in [5.74, 6) is 0.620. The maximum absolute atomic E-state index is 9.63. The van der Waals surface area contributed by atoms with E-state index < -0.39 is 0 Å². The lowest BCUT2D eigenvalue weighted by Gasteiger charge is -2.34. The standard InChI is InChI=1S/C18H25N7/c1-4-15-16(9-19)18(23-22-17(15)5-2)21-13-7-6-8-25(11-13)14-10-20-24(3)12-14/h10,12-13H,4-8,11H2,1-3H3,(H,21,23). The van der Waals surface area contributed by atoms with Gasteiger partial charge in [-0.05, 0) is 31.2 Å². The first-order valence-electron chi connectivity index (χ1n) is 8.94. The molecule has 0 aromatic carbocycles. The first-order valence-corrected chi connectivity index (χ1v) is 8.94. The van der Waals surface area contributed by atoms with Crippen molar-refractivity contribution in [2.24, 2.45) is 7.05 Å². The van der Waals surface area contributed by atoms with Crippen molar-refractivity contribution < 1.29 is 0 Å². The van der Waals surface area contributed by atoms with E-state index in [0.29, 0.717) is 11.4 Å². The number of nitriles is 1. The van der Waals surface area contributed by atoms with Gasteiger partial charge in [0, 0.05) is 32.4 Å². The predicted molar refractivity (Wildman–Crippen MR) is 97.6 cm³/mol. The number of anilines is 2. The van der Waals surface area contributed by atoms with E-state index in [1.165, 1.54) is 0 Å². The molecule has 1 N–H and O–H groups in total. The van der Waals surface area contributed by atoms with Crippen LogP contribution in [0.3, 0.4) is 0 Å². The van der Waals surface area contributed by atoms with Crippen molar-refractivity contribution in [3.05, 3.63) is 29.2 Å². The number of hydrogen-bond donors (Lipinski definition) is 1. The van der Waals surface area contributed by atoms with Crippen LogP contribution in [0.2, 0.25) is 0 Å². The Morgan fingerprint density at radius 1 is 1.32 bits per heavy atom. The van der Waals surface area contributed by atoms with Crippen molar-refractivity contribution in [1.82, 2.24) is 20.0 Å². The Kier molecular flexibility index (Phi) is 5.17. The molecule has 25 heavy (non-hydrogen) atoms. The summed E-state index contributed by atoms with van der Waals surface area (Å²) in [5, 5.41) is 26.0. The van der Waals surface area contributed by atoms with Crippen LogP contribution in [0.4, 0.5) is 11.5 Å². The van der Waals surface area contributed by atoms with Gasteiger partial charge in [-0.3, -0.25) is 4.68 Å². The van der Waals surface area contributed by atoms with Crippen LogP contribution in [0.5, 0.6) is 0 Å². The second-order valence-electron chi connectivity index (χ2n) is 6.47. The molecule has 1 saturated heterocycles. The number of nitrogens with one attached hydrogen (secondary N) is 1. The third-order valence-electron chi connectivity index (χ3n) is 4.78. The summed E-state index contributed by atoms with van der Waals surface area (Å²) in [5.41, 5.74) is 3.72. The van der Waals surface area contributed by atoms with Crippen molar-refractivity contribution in [3.63, 3.8) is 0 Å². The van der Waals surface area contributed by atoms with Gasteiger partial charge < -0.3 is 10.2 Å². The lowest BCUT2D eigenvalue weighted by Crippen LogP contribution is -2.42. The molecule has 2 aromatic heterocycles. The lowest BCUT2D eigenvalue weighted by molar-refractivity contribution is 0.528. The zero-order valence-electron chi connectivity index (χ0n) is 15.2. The predicted octanol–water partition coefficient (Wildman–Crippen LogP) is 2.29. The summed E-state index contributed by atoms with van der Waals surface area (Å²) < 4.78 is 1.82. The molecule has 0 aliphatic carbocycles. The smallest absolute Gasteiger partial charge is 0.167 e. The highest BCUT2D eigenvalue weighted by Crippen LogP contribution is 2.24. The Morgan fingerprint density at radius 3 is 2.80 bits per heavy atom. The lowest BCUT2D eigenvalue weighted by atomic mass is 10.0. The number of aryl methyl sites for hydroxylation is 2. The van der Waals surface area contributed by atoms with Gasteiger partial charge in [0.2, 0.25) is 0 Å². The van der Waals surface area contributed by atoms with E-state index >= 15 is 0 Å². The molecule has 1 unspecified atom stereocenters. The minimum absolute atomic E-state index is 0.243. The fourth-order valence-corrected chi connectivity index (χ4v) is 3.49. The zero-order valence-corrected chi connectivity index (χ0v) is 15.2. The van der Waals surface area contributed by atoms with Crippen LogP contribution < -0.4 is 10.2 Å². The highest BCUT2D eigenvalue weighted by Gasteiger charge is 2.23. The SMILES string of the molecule is CCc1nnc(NC2CCCN(c3cnn(C)c3)C2)c(C#N)c1CC. The largest absolute Gasteiger partial charge is 0.367 e. The minimum atomic E-state index is 0.243. The molecule has 1 aliphatic heterocycles. The van der Waals surface area contributed by atoms with E-state index in [9.17, 15) is 5.26 Å². The summed E-state index contributed by atoms with van der Waals surface area (Å²) in [4.78, 5) is 2.33. The van der Waals surface area contributed by atoms with Crippen molar-refractivity contribution in [3.8, 4) is 6.07 Å². The number of nitrogens with zero attached hydrogens (tertiary/aromatic N) is 6. The van der Waals surface area contributed by atoms with Crippen LogP contribution in [0.15, 0.2) is 12.4 Å². The van der Waals surface area contributed by atoms with E-state index in [1.54, 1.807) is 0 Å². The fourth-order valence-electron chi connectivity index (χ4n) is 3.49. The Labute approximate surface area is 148 Å². The third-order valence-corrected chi connectivity index (χ3v) is 4.78. The van der Waals surface area contributed by atoms with Gasteiger partial charge in [-0.15, -0.1) is 5.10 Å². The van der Waals surface area contributed by atoms with Crippen LogP contribution >= 0.6 is 0 Å². The van der Waals surface area contributed by atoms with Gasteiger partial charge in [-0.1, -0.05) is 13.8 Å². The molecule has 0 bridgehead atoms. The molecule has 2 aromatic rings. The molecule has 0 amide bonds. The summed E-state index contributed by atoms with van der Waals surface area (Å²) in [7, 11) is 1.93. The number of hydrogen-bond acceptors (Lipinski definition) is 6. The fraction of sp³-hybridized carbons (Fsp3) is 0.556. The Bertz CT molecular complexity index is 774. The number of aromatic nitrogens is 4. The zero-order chi connectivity index (χ0) is 17.8. The third kappa shape index (κ3) is 3.58. The van der Waals surface area contributed by atoms with Gasteiger partial charge in [0.25, 0.3) is 0 Å². The second kappa shape index (κ2) is 7.51. The van der Waals surface area contributed by atoms with Gasteiger partial charge in [-0.25, -0.2) is 0 Å². The minimum Gasteiger partial charge on any atom is -0.367 e. The van der Waals surface area contributed by atoms with Gasteiger partial charge in [-0.2, -0.15) is 15.5 Å². The van der Waals surface area contributed by atoms with Crippen molar-refractivity contribution in [1.29, 1.82) is 5.26 Å². The van der Waals surface area contributed by atoms with E-state index in [2.05, 4.69) is 38.5 Å². The van der Waals surface area contributed by atoms with E-state index in [1.807, 2.05) is 31.0 Å². The molecule has 0 spiro atoms. The van der Waals surface area contributed by atoms with Crippen molar-refractivity contribution >= 4 is 11.5 Å². The molecule has 3 rings (SSSR count). The Morgan fingerprint density at radius 2 is 2.16 bits per heavy atom. The molecule has 1 aliphatic rings. The van der Waals surface area contributed by atoms with Gasteiger partial charge in [0.15, 0.2) is 5.82 Å². The second-order valence-corrected chi connectivity index (χ2v) is 6.47. The first-order chi connectivity index (χ1) is 12.2. The molecule has 1 fully saturated rings. The summed E-state index contributed by atoms with van der Waals surface area (Å²) in [6, 6.07) is 2.58.